The number of methoxy groups -OCH3 is 2. The fraction of sp³-hybridized carbons (Fsp3) is 0.455. The summed E-state index contributed by atoms with van der Waals surface area (Å²) in [4.78, 5) is 9.22. The number of rotatable bonds is 7. The van der Waals surface area contributed by atoms with Crippen LogP contribution in [0.4, 0.5) is 5.82 Å². The Morgan fingerprint density at radius 3 is 2.81 bits per heavy atom. The minimum Gasteiger partial charge on any atom is -0.497 e. The number of nitrogens with one attached hydrogen (secondary N) is 2. The molecule has 0 unspecified atom stereocenters. The van der Waals surface area contributed by atoms with Gasteiger partial charge in [0.25, 0.3) is 0 Å². The van der Waals surface area contributed by atoms with Gasteiger partial charge < -0.3 is 30.0 Å². The highest BCUT2D eigenvalue weighted by Crippen LogP contribution is 2.31. The summed E-state index contributed by atoms with van der Waals surface area (Å²) in [6.07, 6.45) is 3.35. The number of aromatic nitrogens is 3. The molecule has 4 rings (SSSR count). The van der Waals surface area contributed by atoms with Gasteiger partial charge >= 0.3 is 0 Å². The Balaban J connectivity index is 1.56. The molecule has 10 heteroatoms. The average Bonchev–Trinajstić information content (AvgIpc) is 3.14. The first kappa shape index (κ1) is 22.8. The van der Waals surface area contributed by atoms with Crippen molar-refractivity contribution >= 4 is 27.3 Å². The van der Waals surface area contributed by atoms with Gasteiger partial charge in [0.15, 0.2) is 5.82 Å². The smallest absolute Gasteiger partial charge is 0.153 e. The number of morpholine rings is 1. The highest BCUT2D eigenvalue weighted by atomic mass is 79.9. The first-order valence-corrected chi connectivity index (χ1v) is 11.2. The van der Waals surface area contributed by atoms with Crippen molar-refractivity contribution in [2.75, 3.05) is 32.7 Å². The number of aliphatic hydroxyl groups is 1. The number of fused-ring (bicyclic) bond motifs is 1. The van der Waals surface area contributed by atoms with Gasteiger partial charge in [0, 0.05) is 37.1 Å². The van der Waals surface area contributed by atoms with Gasteiger partial charge in [-0.25, -0.2) is 9.97 Å². The van der Waals surface area contributed by atoms with Gasteiger partial charge in [0.1, 0.15) is 33.5 Å². The van der Waals surface area contributed by atoms with Crippen LogP contribution in [-0.4, -0.2) is 58.5 Å². The van der Waals surface area contributed by atoms with Crippen molar-refractivity contribution in [2.45, 2.75) is 38.1 Å². The maximum atomic E-state index is 10.2. The fourth-order valence-corrected chi connectivity index (χ4v) is 4.31. The minimum atomic E-state index is -0.857. The molecular formula is C22H28BrN5O4. The van der Waals surface area contributed by atoms with E-state index in [9.17, 15) is 5.11 Å². The molecule has 1 aromatic carbocycles. The van der Waals surface area contributed by atoms with Gasteiger partial charge in [-0.05, 0) is 41.9 Å². The lowest BCUT2D eigenvalue weighted by atomic mass is 9.98. The lowest BCUT2D eigenvalue weighted by Gasteiger charge is -2.36. The van der Waals surface area contributed by atoms with E-state index < -0.39 is 5.60 Å². The molecule has 3 aromatic rings. The summed E-state index contributed by atoms with van der Waals surface area (Å²) in [5.74, 6) is 2.93. The van der Waals surface area contributed by atoms with E-state index in [0.717, 1.165) is 28.4 Å². The second-order valence-electron chi connectivity index (χ2n) is 8.22. The van der Waals surface area contributed by atoms with Crippen LogP contribution in [0.25, 0.3) is 5.52 Å². The largest absolute Gasteiger partial charge is 0.497 e. The van der Waals surface area contributed by atoms with Crippen LogP contribution in [0, 0.1) is 0 Å². The number of nitrogens with zero attached hydrogens (tertiary/aromatic N) is 3. The standard InChI is InChI=1S/C22H28BrN5O4/c1-22(2,29)17-12-32-16(11-25-17)21-27-19(23)18-20(24-7-8-28(18)21)26-10-13-5-6-14(30-3)9-15(13)31-4/h5-9,16-17,25,29H,10-12H2,1-4H3,(H,24,26)/t16-,17+/m1/s1. The summed E-state index contributed by atoms with van der Waals surface area (Å²) < 4.78 is 19.5. The minimum absolute atomic E-state index is 0.133. The Labute approximate surface area is 195 Å². The maximum absolute atomic E-state index is 10.2. The molecule has 3 N–H and O–H groups in total. The zero-order chi connectivity index (χ0) is 22.9. The van der Waals surface area contributed by atoms with E-state index in [1.807, 2.05) is 28.8 Å². The maximum Gasteiger partial charge on any atom is 0.153 e. The molecular weight excluding hydrogens is 478 g/mol. The summed E-state index contributed by atoms with van der Waals surface area (Å²) >= 11 is 3.58. The quantitative estimate of drug-likeness (QED) is 0.450. The SMILES string of the molecule is COc1ccc(CNc2nccn3c([C@H]4CN[C@H](C(C)(C)O)CO4)nc(Br)c23)c(OC)c1. The Morgan fingerprint density at radius 1 is 1.34 bits per heavy atom. The molecule has 0 saturated carbocycles. The predicted octanol–water partition coefficient (Wildman–Crippen LogP) is 2.92. The first-order chi connectivity index (χ1) is 15.3. The molecule has 0 aliphatic carbocycles. The summed E-state index contributed by atoms with van der Waals surface area (Å²) in [5.41, 5.74) is 0.942. The third-order valence-corrected chi connectivity index (χ3v) is 6.19. The molecule has 1 aliphatic heterocycles. The number of imidazole rings is 1. The topological polar surface area (TPSA) is 102 Å². The Bertz CT molecular complexity index is 1090. The van der Waals surface area contributed by atoms with Crippen LogP contribution in [0.2, 0.25) is 0 Å². The number of benzene rings is 1. The van der Waals surface area contributed by atoms with Gasteiger partial charge in [-0.15, -0.1) is 0 Å². The zero-order valence-electron chi connectivity index (χ0n) is 18.6. The van der Waals surface area contributed by atoms with Crippen molar-refractivity contribution in [2.24, 2.45) is 0 Å². The number of ether oxygens (including phenoxy) is 3. The number of hydrogen-bond acceptors (Lipinski definition) is 8. The van der Waals surface area contributed by atoms with Crippen LogP contribution in [0.1, 0.15) is 31.3 Å². The average molecular weight is 506 g/mol. The Hall–Kier alpha value is -2.40. The van der Waals surface area contributed by atoms with Crippen molar-refractivity contribution < 1.29 is 19.3 Å². The normalized spacial score (nSPS) is 19.2. The highest BCUT2D eigenvalue weighted by Gasteiger charge is 2.34. The van der Waals surface area contributed by atoms with Crippen LogP contribution in [0.15, 0.2) is 35.2 Å². The van der Waals surface area contributed by atoms with Crippen LogP contribution >= 0.6 is 15.9 Å². The number of anilines is 1. The summed E-state index contributed by atoms with van der Waals surface area (Å²) in [6, 6.07) is 5.58. The number of hydrogen-bond donors (Lipinski definition) is 3. The van der Waals surface area contributed by atoms with Crippen molar-refractivity contribution in [1.29, 1.82) is 0 Å². The van der Waals surface area contributed by atoms with E-state index in [2.05, 4.69) is 31.5 Å². The zero-order valence-corrected chi connectivity index (χ0v) is 20.1. The predicted molar refractivity (Wildman–Crippen MR) is 124 cm³/mol. The van der Waals surface area contributed by atoms with E-state index in [1.165, 1.54) is 0 Å². The van der Waals surface area contributed by atoms with Crippen molar-refractivity contribution in [1.82, 2.24) is 19.7 Å². The lowest BCUT2D eigenvalue weighted by molar-refractivity contribution is -0.0652. The number of halogens is 1. The molecule has 0 radical (unpaired) electrons. The van der Waals surface area contributed by atoms with E-state index >= 15 is 0 Å². The third kappa shape index (κ3) is 4.54. The molecule has 0 amide bonds. The Morgan fingerprint density at radius 2 is 2.16 bits per heavy atom. The molecule has 0 bridgehead atoms. The van der Waals surface area contributed by atoms with Crippen LogP contribution in [-0.2, 0) is 11.3 Å². The summed E-state index contributed by atoms with van der Waals surface area (Å²) in [7, 11) is 3.26. The molecule has 1 saturated heterocycles. The summed E-state index contributed by atoms with van der Waals surface area (Å²) in [6.45, 7) is 5.01. The lowest BCUT2D eigenvalue weighted by Crippen LogP contribution is -2.54. The van der Waals surface area contributed by atoms with Gasteiger partial charge in [-0.1, -0.05) is 0 Å². The molecule has 32 heavy (non-hydrogen) atoms. The van der Waals surface area contributed by atoms with Crippen LogP contribution in [0.3, 0.4) is 0 Å². The van der Waals surface area contributed by atoms with E-state index in [1.54, 1.807) is 34.3 Å². The second-order valence-corrected chi connectivity index (χ2v) is 8.97. The molecule has 0 spiro atoms. The molecule has 2 aromatic heterocycles. The molecule has 172 valence electrons. The molecule has 1 aliphatic rings. The Kier molecular flexibility index (Phi) is 6.57. The monoisotopic (exact) mass is 505 g/mol. The van der Waals surface area contributed by atoms with Crippen LogP contribution < -0.4 is 20.1 Å². The third-order valence-electron chi connectivity index (χ3n) is 5.63. The van der Waals surface area contributed by atoms with Crippen molar-refractivity contribution in [3.8, 4) is 11.5 Å². The van der Waals surface area contributed by atoms with Crippen molar-refractivity contribution in [3.05, 3.63) is 46.6 Å². The van der Waals surface area contributed by atoms with Gasteiger partial charge in [-0.2, -0.15) is 0 Å². The van der Waals surface area contributed by atoms with Gasteiger partial charge in [0.05, 0.1) is 32.5 Å². The highest BCUT2D eigenvalue weighted by molar-refractivity contribution is 9.10. The van der Waals surface area contributed by atoms with Gasteiger partial charge in [-0.3, -0.25) is 4.40 Å². The van der Waals surface area contributed by atoms with Gasteiger partial charge in [0.2, 0.25) is 0 Å². The van der Waals surface area contributed by atoms with E-state index in [-0.39, 0.29) is 12.1 Å². The molecule has 2 atom stereocenters. The molecule has 3 heterocycles. The summed E-state index contributed by atoms with van der Waals surface area (Å²) in [5, 5.41) is 17.0. The second kappa shape index (κ2) is 9.22. The fourth-order valence-electron chi connectivity index (χ4n) is 3.75. The molecule has 1 fully saturated rings. The van der Waals surface area contributed by atoms with Crippen LogP contribution in [0.5, 0.6) is 11.5 Å². The van der Waals surface area contributed by atoms with E-state index in [0.29, 0.717) is 30.1 Å². The first-order valence-electron chi connectivity index (χ1n) is 10.4. The van der Waals surface area contributed by atoms with E-state index in [4.69, 9.17) is 19.2 Å². The van der Waals surface area contributed by atoms with Crippen molar-refractivity contribution in [3.63, 3.8) is 0 Å². The molecule has 9 nitrogen and oxygen atoms in total.